The summed E-state index contributed by atoms with van der Waals surface area (Å²) in [6.45, 7) is 2.47. The van der Waals surface area contributed by atoms with Crippen molar-refractivity contribution in [2.45, 2.75) is 12.8 Å². The van der Waals surface area contributed by atoms with Gasteiger partial charge in [0, 0.05) is 13.1 Å². The maximum Gasteiger partial charge on any atom is 0.0143 e. The third kappa shape index (κ3) is 2.89. The first-order valence-electron chi connectivity index (χ1n) is 5.48. The largest absolute Gasteiger partial charge is 0.330 e. The average molecular weight is 210 g/mol. The molecule has 0 radical (unpaired) electrons. The van der Waals surface area contributed by atoms with Gasteiger partial charge in [-0.15, -0.1) is 0 Å². The van der Waals surface area contributed by atoms with Gasteiger partial charge in [0.1, 0.15) is 0 Å². The van der Waals surface area contributed by atoms with E-state index in [1.165, 1.54) is 16.7 Å². The molecule has 8 N–H and O–H groups in total. The van der Waals surface area contributed by atoms with E-state index in [9.17, 15) is 0 Å². The number of nitrogens with two attached hydrogens (primary N) is 4. The molecule has 86 valence electrons. The van der Waals surface area contributed by atoms with Gasteiger partial charge in [-0.25, -0.2) is 0 Å². The van der Waals surface area contributed by atoms with Crippen molar-refractivity contribution in [1.82, 2.24) is 0 Å². The SMILES string of the molecule is NCCC1=C(CN)CC(CN)C(CN)=C1. The molecule has 4 heteroatoms. The van der Waals surface area contributed by atoms with E-state index >= 15 is 0 Å². The molecule has 1 aliphatic carbocycles. The molecule has 0 spiro atoms. The molecule has 0 fully saturated rings. The van der Waals surface area contributed by atoms with Crippen molar-refractivity contribution in [3.05, 3.63) is 22.8 Å². The van der Waals surface area contributed by atoms with Crippen molar-refractivity contribution in [2.75, 3.05) is 26.2 Å². The second kappa shape index (κ2) is 6.02. The lowest BCUT2D eigenvalue weighted by atomic mass is 9.82. The van der Waals surface area contributed by atoms with E-state index in [0.717, 1.165) is 12.8 Å². The zero-order chi connectivity index (χ0) is 11.3. The summed E-state index contributed by atoms with van der Waals surface area (Å²) in [5.41, 5.74) is 26.5. The summed E-state index contributed by atoms with van der Waals surface area (Å²) in [5, 5.41) is 0. The summed E-state index contributed by atoms with van der Waals surface area (Å²) in [7, 11) is 0. The van der Waals surface area contributed by atoms with Crippen LogP contribution in [-0.4, -0.2) is 26.2 Å². The van der Waals surface area contributed by atoms with Gasteiger partial charge >= 0.3 is 0 Å². The van der Waals surface area contributed by atoms with Crippen LogP contribution in [0.5, 0.6) is 0 Å². The molecule has 0 aromatic carbocycles. The molecular formula is C11H22N4. The van der Waals surface area contributed by atoms with Gasteiger partial charge in [0.25, 0.3) is 0 Å². The Balaban J connectivity index is 2.90. The molecule has 0 aliphatic heterocycles. The summed E-state index contributed by atoms with van der Waals surface area (Å²) in [6.07, 6.45) is 3.98. The van der Waals surface area contributed by atoms with Crippen LogP contribution >= 0.6 is 0 Å². The average Bonchev–Trinajstić information content (AvgIpc) is 2.28. The summed E-state index contributed by atoms with van der Waals surface area (Å²) in [5.74, 6) is 0.370. The first-order valence-corrected chi connectivity index (χ1v) is 5.48. The van der Waals surface area contributed by atoms with Crippen molar-refractivity contribution < 1.29 is 0 Å². The summed E-state index contributed by atoms with van der Waals surface area (Å²) >= 11 is 0. The highest BCUT2D eigenvalue weighted by molar-refractivity contribution is 5.36. The fourth-order valence-corrected chi connectivity index (χ4v) is 2.08. The maximum absolute atomic E-state index is 5.73. The van der Waals surface area contributed by atoms with E-state index < -0.39 is 0 Å². The molecule has 0 aromatic rings. The quantitative estimate of drug-likeness (QED) is 0.489. The Labute approximate surface area is 91.4 Å². The van der Waals surface area contributed by atoms with Crippen LogP contribution in [0.1, 0.15) is 12.8 Å². The molecule has 1 atom stereocenters. The third-order valence-electron chi connectivity index (χ3n) is 3.01. The standard InChI is InChI=1S/C11H22N4/c12-2-1-8-3-10(6-14)11(7-15)4-9(8)5-13/h3,11H,1-2,4-7,12-15H2. The minimum Gasteiger partial charge on any atom is -0.330 e. The molecule has 1 rings (SSSR count). The lowest BCUT2D eigenvalue weighted by Crippen LogP contribution is -2.27. The molecule has 15 heavy (non-hydrogen) atoms. The predicted octanol–water partition coefficient (Wildman–Crippen LogP) is -0.546. The summed E-state index contributed by atoms with van der Waals surface area (Å²) in [6, 6.07) is 0. The first-order chi connectivity index (χ1) is 7.26. The monoisotopic (exact) mass is 210 g/mol. The Morgan fingerprint density at radius 3 is 2.33 bits per heavy atom. The first kappa shape index (κ1) is 12.4. The van der Waals surface area contributed by atoms with E-state index in [2.05, 4.69) is 6.08 Å². The van der Waals surface area contributed by atoms with Crippen LogP contribution < -0.4 is 22.9 Å². The van der Waals surface area contributed by atoms with Crippen LogP contribution in [0.2, 0.25) is 0 Å². The van der Waals surface area contributed by atoms with Gasteiger partial charge in [-0.3, -0.25) is 0 Å². The van der Waals surface area contributed by atoms with Gasteiger partial charge in [0.2, 0.25) is 0 Å². The van der Waals surface area contributed by atoms with Gasteiger partial charge in [-0.05, 0) is 37.4 Å². The topological polar surface area (TPSA) is 104 Å². The van der Waals surface area contributed by atoms with Crippen LogP contribution in [0.3, 0.4) is 0 Å². The molecule has 0 saturated carbocycles. The van der Waals surface area contributed by atoms with Crippen molar-refractivity contribution in [3.8, 4) is 0 Å². The minimum atomic E-state index is 0.370. The predicted molar refractivity (Wildman–Crippen MR) is 64.1 cm³/mol. The van der Waals surface area contributed by atoms with E-state index in [4.69, 9.17) is 22.9 Å². The lowest BCUT2D eigenvalue weighted by molar-refractivity contribution is 0.585. The van der Waals surface area contributed by atoms with Crippen molar-refractivity contribution in [2.24, 2.45) is 28.9 Å². The number of hydrogen-bond donors (Lipinski definition) is 4. The van der Waals surface area contributed by atoms with Crippen LogP contribution in [0.15, 0.2) is 22.8 Å². The molecule has 0 heterocycles. The highest BCUT2D eigenvalue weighted by Gasteiger charge is 2.20. The molecule has 0 amide bonds. The van der Waals surface area contributed by atoms with Crippen LogP contribution in [0.4, 0.5) is 0 Å². The number of allylic oxidation sites excluding steroid dienone is 1. The van der Waals surface area contributed by atoms with Crippen LogP contribution in [0.25, 0.3) is 0 Å². The second-order valence-electron chi connectivity index (χ2n) is 3.93. The molecule has 1 aliphatic rings. The Morgan fingerprint density at radius 1 is 1.13 bits per heavy atom. The highest BCUT2D eigenvalue weighted by Crippen LogP contribution is 2.29. The van der Waals surface area contributed by atoms with Gasteiger partial charge in [-0.1, -0.05) is 17.2 Å². The van der Waals surface area contributed by atoms with Crippen molar-refractivity contribution >= 4 is 0 Å². The van der Waals surface area contributed by atoms with E-state index in [1.807, 2.05) is 0 Å². The normalized spacial score (nSPS) is 21.9. The number of hydrogen-bond acceptors (Lipinski definition) is 4. The zero-order valence-corrected chi connectivity index (χ0v) is 9.21. The third-order valence-corrected chi connectivity index (χ3v) is 3.01. The fourth-order valence-electron chi connectivity index (χ4n) is 2.08. The molecule has 0 saturated heterocycles. The molecule has 4 nitrogen and oxygen atoms in total. The Kier molecular flexibility index (Phi) is 4.98. The van der Waals surface area contributed by atoms with Crippen molar-refractivity contribution in [1.29, 1.82) is 0 Å². The Hall–Kier alpha value is -0.680. The molecule has 0 aromatic heterocycles. The summed E-state index contributed by atoms with van der Waals surface area (Å²) in [4.78, 5) is 0. The zero-order valence-electron chi connectivity index (χ0n) is 9.21. The number of rotatable bonds is 5. The smallest absolute Gasteiger partial charge is 0.0143 e. The van der Waals surface area contributed by atoms with Gasteiger partial charge < -0.3 is 22.9 Å². The van der Waals surface area contributed by atoms with E-state index in [-0.39, 0.29) is 0 Å². The van der Waals surface area contributed by atoms with Crippen LogP contribution in [-0.2, 0) is 0 Å². The second-order valence-corrected chi connectivity index (χ2v) is 3.93. The van der Waals surface area contributed by atoms with Crippen molar-refractivity contribution in [3.63, 3.8) is 0 Å². The maximum atomic E-state index is 5.73. The highest BCUT2D eigenvalue weighted by atomic mass is 14.6. The molecule has 1 unspecified atom stereocenters. The lowest BCUT2D eigenvalue weighted by Gasteiger charge is -2.26. The van der Waals surface area contributed by atoms with Gasteiger partial charge in [0.05, 0.1) is 0 Å². The van der Waals surface area contributed by atoms with Gasteiger partial charge in [0.15, 0.2) is 0 Å². The minimum absolute atomic E-state index is 0.370. The summed E-state index contributed by atoms with van der Waals surface area (Å²) < 4.78 is 0. The molecule has 0 bridgehead atoms. The Morgan fingerprint density at radius 2 is 1.87 bits per heavy atom. The Bertz CT molecular complexity index is 268. The van der Waals surface area contributed by atoms with Gasteiger partial charge in [-0.2, -0.15) is 0 Å². The van der Waals surface area contributed by atoms with E-state index in [1.54, 1.807) is 0 Å². The molecular weight excluding hydrogens is 188 g/mol. The van der Waals surface area contributed by atoms with E-state index in [0.29, 0.717) is 32.1 Å². The van der Waals surface area contributed by atoms with Crippen LogP contribution in [0, 0.1) is 5.92 Å². The fraction of sp³-hybridized carbons (Fsp3) is 0.636.